The van der Waals surface area contributed by atoms with Crippen LogP contribution in [0.5, 0.6) is 0 Å². The molecule has 0 saturated heterocycles. The van der Waals surface area contributed by atoms with E-state index >= 15 is 0 Å². The van der Waals surface area contributed by atoms with Gasteiger partial charge in [0.15, 0.2) is 0 Å². The van der Waals surface area contributed by atoms with Gasteiger partial charge in [0.05, 0.1) is 22.6 Å². The molecule has 0 aliphatic heterocycles. The Morgan fingerprint density at radius 3 is 2.64 bits per heavy atom. The highest BCUT2D eigenvalue weighted by Gasteiger charge is 2.18. The van der Waals surface area contributed by atoms with Gasteiger partial charge >= 0.3 is 0 Å². The number of carbonyl (C=O) groups is 1. The Morgan fingerprint density at radius 2 is 2.00 bits per heavy atom. The molecule has 0 radical (unpaired) electrons. The van der Waals surface area contributed by atoms with E-state index in [-0.39, 0.29) is 23.3 Å². The van der Waals surface area contributed by atoms with Crippen molar-refractivity contribution in [2.24, 2.45) is 0 Å². The van der Waals surface area contributed by atoms with Crippen LogP contribution in [0.15, 0.2) is 48.5 Å². The van der Waals surface area contributed by atoms with E-state index in [2.05, 4.69) is 10.3 Å². The van der Waals surface area contributed by atoms with Crippen LogP contribution in [0, 0.1) is 21.4 Å². The molecule has 1 atom stereocenters. The van der Waals surface area contributed by atoms with Crippen LogP contribution in [0.1, 0.15) is 34.6 Å². The number of hydrogen-bond acceptors (Lipinski definition) is 4. The van der Waals surface area contributed by atoms with Crippen LogP contribution in [0.4, 0.5) is 5.69 Å². The minimum absolute atomic E-state index is 0.0725. The molecule has 0 spiro atoms. The number of amides is 1. The molecule has 7 nitrogen and oxygen atoms in total. The summed E-state index contributed by atoms with van der Waals surface area (Å²) in [5, 5.41) is 23.3. The van der Waals surface area contributed by atoms with Gasteiger partial charge < -0.3 is 10.3 Å². The number of aromatic nitrogens is 1. The molecule has 0 aliphatic rings. The number of nitro groups is 1. The first-order valence-corrected chi connectivity index (χ1v) is 7.56. The number of nitro benzene ring substituents is 1. The van der Waals surface area contributed by atoms with Gasteiger partial charge in [0.1, 0.15) is 11.2 Å². The summed E-state index contributed by atoms with van der Waals surface area (Å²) in [7, 11) is 0. The molecule has 1 heterocycles. The lowest BCUT2D eigenvalue weighted by molar-refractivity contribution is -0.383. The minimum atomic E-state index is -0.486. The van der Waals surface area contributed by atoms with Crippen molar-refractivity contribution in [1.82, 2.24) is 10.3 Å². The number of aromatic amines is 1. The lowest BCUT2D eigenvalue weighted by Crippen LogP contribution is -2.26. The average Bonchev–Trinajstić information content (AvgIpc) is 3.05. The number of carbonyl (C=O) groups excluding carboxylic acids is 1. The van der Waals surface area contributed by atoms with E-state index in [1.807, 2.05) is 13.0 Å². The number of para-hydroxylation sites is 1. The molecule has 0 aliphatic carbocycles. The van der Waals surface area contributed by atoms with Crippen molar-refractivity contribution in [1.29, 1.82) is 5.26 Å². The van der Waals surface area contributed by atoms with Crippen molar-refractivity contribution in [3.05, 3.63) is 75.5 Å². The Bertz CT molecular complexity index is 999. The fourth-order valence-electron chi connectivity index (χ4n) is 2.62. The van der Waals surface area contributed by atoms with Gasteiger partial charge in [0.2, 0.25) is 0 Å². The lowest BCUT2D eigenvalue weighted by Gasteiger charge is -2.13. The number of fused-ring (bicyclic) bond motifs is 1. The van der Waals surface area contributed by atoms with Crippen molar-refractivity contribution in [3.8, 4) is 6.07 Å². The Balaban J connectivity index is 1.83. The first-order valence-electron chi connectivity index (χ1n) is 7.56. The SMILES string of the molecule is CC(NC(=O)c1cc2cccc([N+](=O)[O-])c2[nH]1)c1ccc(C#N)cc1. The summed E-state index contributed by atoms with van der Waals surface area (Å²) in [5.41, 5.74) is 1.91. The highest BCUT2D eigenvalue weighted by Crippen LogP contribution is 2.25. The minimum Gasteiger partial charge on any atom is -0.345 e. The second-order valence-corrected chi connectivity index (χ2v) is 5.61. The summed E-state index contributed by atoms with van der Waals surface area (Å²) in [5.74, 6) is -0.359. The maximum atomic E-state index is 12.4. The molecule has 1 unspecified atom stereocenters. The van der Waals surface area contributed by atoms with Crippen LogP contribution >= 0.6 is 0 Å². The van der Waals surface area contributed by atoms with Gasteiger partial charge in [0.25, 0.3) is 11.6 Å². The van der Waals surface area contributed by atoms with E-state index in [1.165, 1.54) is 6.07 Å². The number of hydrogen-bond donors (Lipinski definition) is 2. The Morgan fingerprint density at radius 1 is 1.28 bits per heavy atom. The summed E-state index contributed by atoms with van der Waals surface area (Å²) in [6.45, 7) is 1.82. The fraction of sp³-hybridized carbons (Fsp3) is 0.111. The van der Waals surface area contributed by atoms with E-state index in [0.717, 1.165) is 5.56 Å². The molecule has 0 saturated carbocycles. The Labute approximate surface area is 143 Å². The molecule has 2 N–H and O–H groups in total. The Kier molecular flexibility index (Phi) is 4.18. The van der Waals surface area contributed by atoms with Crippen molar-refractivity contribution in [3.63, 3.8) is 0 Å². The molecular weight excluding hydrogens is 320 g/mol. The van der Waals surface area contributed by atoms with Crippen LogP contribution in [0.3, 0.4) is 0 Å². The first kappa shape index (κ1) is 16.2. The lowest BCUT2D eigenvalue weighted by atomic mass is 10.1. The topological polar surface area (TPSA) is 112 Å². The molecule has 0 bridgehead atoms. The molecule has 1 amide bonds. The first-order chi connectivity index (χ1) is 12.0. The molecular formula is C18H14N4O3. The van der Waals surface area contributed by atoms with Crippen LogP contribution in [0.25, 0.3) is 10.9 Å². The predicted octanol–water partition coefficient (Wildman–Crippen LogP) is 3.44. The van der Waals surface area contributed by atoms with E-state index in [0.29, 0.717) is 16.5 Å². The maximum Gasteiger partial charge on any atom is 0.293 e. The van der Waals surface area contributed by atoms with Gasteiger partial charge in [-0.1, -0.05) is 24.3 Å². The van der Waals surface area contributed by atoms with Crippen molar-refractivity contribution in [2.75, 3.05) is 0 Å². The molecule has 3 aromatic rings. The van der Waals surface area contributed by atoms with Gasteiger partial charge in [-0.15, -0.1) is 0 Å². The number of benzene rings is 2. The third kappa shape index (κ3) is 3.19. The molecule has 25 heavy (non-hydrogen) atoms. The van der Waals surface area contributed by atoms with E-state index in [9.17, 15) is 14.9 Å². The zero-order valence-corrected chi connectivity index (χ0v) is 13.3. The second kappa shape index (κ2) is 6.45. The summed E-state index contributed by atoms with van der Waals surface area (Å²) in [4.78, 5) is 25.8. The summed E-state index contributed by atoms with van der Waals surface area (Å²) in [6.07, 6.45) is 0. The molecule has 2 aromatic carbocycles. The van der Waals surface area contributed by atoms with E-state index in [1.54, 1.807) is 42.5 Å². The number of nitriles is 1. The van der Waals surface area contributed by atoms with Gasteiger partial charge in [-0.3, -0.25) is 14.9 Å². The highest BCUT2D eigenvalue weighted by atomic mass is 16.6. The monoisotopic (exact) mass is 334 g/mol. The number of nitrogens with zero attached hydrogens (tertiary/aromatic N) is 2. The zero-order valence-electron chi connectivity index (χ0n) is 13.3. The fourth-order valence-corrected chi connectivity index (χ4v) is 2.62. The summed E-state index contributed by atoms with van der Waals surface area (Å²) < 4.78 is 0. The standard InChI is InChI=1S/C18H14N4O3/c1-11(13-7-5-12(10-19)6-8-13)20-18(23)15-9-14-3-2-4-16(22(24)25)17(14)21-15/h2-9,11,21H,1H3,(H,20,23). The number of nitrogens with one attached hydrogen (secondary N) is 2. The number of H-pyrrole nitrogens is 1. The normalized spacial score (nSPS) is 11.7. The van der Waals surface area contributed by atoms with Crippen molar-refractivity contribution in [2.45, 2.75) is 13.0 Å². The summed E-state index contributed by atoms with van der Waals surface area (Å²) in [6, 6.07) is 15.0. The predicted molar refractivity (Wildman–Crippen MR) is 92.0 cm³/mol. The highest BCUT2D eigenvalue weighted by molar-refractivity contribution is 6.00. The largest absolute Gasteiger partial charge is 0.345 e. The average molecular weight is 334 g/mol. The maximum absolute atomic E-state index is 12.4. The van der Waals surface area contributed by atoms with Crippen LogP contribution in [-0.2, 0) is 0 Å². The van der Waals surface area contributed by atoms with E-state index in [4.69, 9.17) is 5.26 Å². The van der Waals surface area contributed by atoms with Crippen molar-refractivity contribution < 1.29 is 9.72 Å². The zero-order chi connectivity index (χ0) is 18.0. The molecule has 7 heteroatoms. The quantitative estimate of drug-likeness (QED) is 0.562. The second-order valence-electron chi connectivity index (χ2n) is 5.61. The molecule has 0 fully saturated rings. The van der Waals surface area contributed by atoms with Crippen LogP contribution < -0.4 is 5.32 Å². The van der Waals surface area contributed by atoms with Gasteiger partial charge in [0, 0.05) is 11.5 Å². The van der Waals surface area contributed by atoms with Gasteiger partial charge in [-0.05, 0) is 30.7 Å². The Hall–Kier alpha value is -3.66. The molecule has 3 rings (SSSR count). The van der Waals surface area contributed by atoms with Crippen LogP contribution in [0.2, 0.25) is 0 Å². The smallest absolute Gasteiger partial charge is 0.293 e. The molecule has 1 aromatic heterocycles. The van der Waals surface area contributed by atoms with Crippen molar-refractivity contribution >= 4 is 22.5 Å². The molecule has 124 valence electrons. The third-order valence-electron chi connectivity index (χ3n) is 3.96. The number of rotatable bonds is 4. The van der Waals surface area contributed by atoms with Crippen LogP contribution in [-0.4, -0.2) is 15.8 Å². The van der Waals surface area contributed by atoms with E-state index < -0.39 is 4.92 Å². The summed E-state index contributed by atoms with van der Waals surface area (Å²) >= 11 is 0. The van der Waals surface area contributed by atoms with Gasteiger partial charge in [-0.2, -0.15) is 5.26 Å². The van der Waals surface area contributed by atoms with Gasteiger partial charge in [-0.25, -0.2) is 0 Å². The number of non-ortho nitro benzene ring substituents is 1. The third-order valence-corrected chi connectivity index (χ3v) is 3.96.